The summed E-state index contributed by atoms with van der Waals surface area (Å²) in [7, 11) is 0. The van der Waals surface area contributed by atoms with Gasteiger partial charge in [-0.15, -0.1) is 0 Å². The van der Waals surface area contributed by atoms with Gasteiger partial charge in [0.25, 0.3) is 0 Å². The lowest BCUT2D eigenvalue weighted by Gasteiger charge is -2.02. The Hall–Kier alpha value is -1.30. The van der Waals surface area contributed by atoms with Crippen molar-refractivity contribution in [1.29, 1.82) is 0 Å². The van der Waals surface area contributed by atoms with Crippen LogP contribution in [0.15, 0.2) is 40.5 Å². The molecule has 0 radical (unpaired) electrons. The molecule has 0 spiro atoms. The second-order valence-corrected chi connectivity index (χ2v) is 5.06. The molecule has 0 saturated heterocycles. The van der Waals surface area contributed by atoms with E-state index in [1.165, 1.54) is 24.0 Å². The molecule has 1 aromatic heterocycles. The predicted octanol–water partition coefficient (Wildman–Crippen LogP) is 3.63. The van der Waals surface area contributed by atoms with Gasteiger partial charge in [-0.25, -0.2) is 14.8 Å². The monoisotopic (exact) mass is 300 g/mol. The maximum atomic E-state index is 10.8. The summed E-state index contributed by atoms with van der Waals surface area (Å²) in [5, 5.41) is 10.0. The molecule has 0 aliphatic heterocycles. The molecule has 0 aliphatic rings. The maximum absolute atomic E-state index is 10.8. The van der Waals surface area contributed by atoms with E-state index in [4.69, 9.17) is 28.3 Å². The van der Waals surface area contributed by atoms with Crippen LogP contribution in [0.25, 0.3) is 0 Å². The van der Waals surface area contributed by atoms with Crippen LogP contribution >= 0.6 is 35.0 Å². The molecule has 2 rings (SSSR count). The van der Waals surface area contributed by atoms with Crippen LogP contribution in [-0.4, -0.2) is 21.0 Å². The summed E-state index contributed by atoms with van der Waals surface area (Å²) in [6.45, 7) is 0. The van der Waals surface area contributed by atoms with Crippen molar-refractivity contribution in [3.8, 4) is 0 Å². The fourth-order valence-corrected chi connectivity index (χ4v) is 2.30. The van der Waals surface area contributed by atoms with E-state index in [1.54, 1.807) is 18.2 Å². The van der Waals surface area contributed by atoms with E-state index in [0.29, 0.717) is 15.2 Å². The summed E-state index contributed by atoms with van der Waals surface area (Å²) in [5.41, 5.74) is -0.0486. The first-order chi connectivity index (χ1) is 8.56. The molecule has 4 nitrogen and oxygen atoms in total. The Bertz CT molecular complexity index is 607. The van der Waals surface area contributed by atoms with Crippen molar-refractivity contribution in [2.45, 2.75) is 10.1 Å². The van der Waals surface area contributed by atoms with Crippen LogP contribution in [0.4, 0.5) is 0 Å². The van der Waals surface area contributed by atoms with E-state index in [0.717, 1.165) is 4.90 Å². The topological polar surface area (TPSA) is 63.1 Å². The summed E-state index contributed by atoms with van der Waals surface area (Å²) in [6, 6.07) is 6.43. The molecule has 0 aliphatic carbocycles. The maximum Gasteiger partial charge on any atom is 0.354 e. The number of carbonyl (C=O) groups is 1. The first-order valence-corrected chi connectivity index (χ1v) is 6.33. The van der Waals surface area contributed by atoms with Crippen LogP contribution in [0, 0.1) is 0 Å². The molecule has 18 heavy (non-hydrogen) atoms. The minimum Gasteiger partial charge on any atom is -0.477 e. The molecule has 0 amide bonds. The van der Waals surface area contributed by atoms with Crippen LogP contribution < -0.4 is 0 Å². The number of aromatic nitrogens is 2. The van der Waals surface area contributed by atoms with Gasteiger partial charge in [0, 0.05) is 11.1 Å². The molecular weight excluding hydrogens is 295 g/mol. The number of benzene rings is 1. The fourth-order valence-electron chi connectivity index (χ4n) is 1.15. The molecule has 92 valence electrons. The summed E-state index contributed by atoms with van der Waals surface area (Å²) >= 11 is 12.9. The van der Waals surface area contributed by atoms with E-state index < -0.39 is 5.97 Å². The fraction of sp³-hybridized carbons (Fsp3) is 0. The third-order valence-electron chi connectivity index (χ3n) is 1.95. The molecule has 1 N–H and O–H groups in total. The molecule has 0 fully saturated rings. The van der Waals surface area contributed by atoms with Crippen molar-refractivity contribution >= 4 is 40.9 Å². The molecule has 0 unspecified atom stereocenters. The lowest BCUT2D eigenvalue weighted by molar-refractivity contribution is 0.0689. The van der Waals surface area contributed by atoms with E-state index in [-0.39, 0.29) is 5.69 Å². The van der Waals surface area contributed by atoms with Crippen molar-refractivity contribution in [3.05, 3.63) is 46.2 Å². The van der Waals surface area contributed by atoms with Gasteiger partial charge in [-0.1, -0.05) is 23.2 Å². The molecule has 2 aromatic rings. The smallest absolute Gasteiger partial charge is 0.354 e. The normalized spacial score (nSPS) is 10.3. The average Bonchev–Trinajstić information content (AvgIpc) is 2.34. The van der Waals surface area contributed by atoms with Crippen molar-refractivity contribution in [1.82, 2.24) is 9.97 Å². The summed E-state index contributed by atoms with van der Waals surface area (Å²) in [5.74, 6) is -1.09. The van der Waals surface area contributed by atoms with E-state index in [2.05, 4.69) is 9.97 Å². The largest absolute Gasteiger partial charge is 0.477 e. The van der Waals surface area contributed by atoms with Gasteiger partial charge in [0.15, 0.2) is 10.9 Å². The second-order valence-electron chi connectivity index (χ2n) is 3.21. The minimum atomic E-state index is -1.09. The summed E-state index contributed by atoms with van der Waals surface area (Å²) in [6.07, 6.45) is 1.40. The first-order valence-electron chi connectivity index (χ1n) is 4.75. The summed E-state index contributed by atoms with van der Waals surface area (Å²) in [4.78, 5) is 19.4. The van der Waals surface area contributed by atoms with Crippen LogP contribution in [0.1, 0.15) is 10.5 Å². The minimum absolute atomic E-state index is 0.0486. The molecule has 1 aromatic carbocycles. The highest BCUT2D eigenvalue weighted by Gasteiger charge is 2.08. The van der Waals surface area contributed by atoms with Gasteiger partial charge in [-0.2, -0.15) is 0 Å². The highest BCUT2D eigenvalue weighted by molar-refractivity contribution is 7.99. The van der Waals surface area contributed by atoms with Gasteiger partial charge in [0.2, 0.25) is 0 Å². The van der Waals surface area contributed by atoms with Gasteiger partial charge in [-0.05, 0) is 36.0 Å². The highest BCUT2D eigenvalue weighted by Crippen LogP contribution is 2.30. The third kappa shape index (κ3) is 3.13. The number of nitrogens with zero attached hydrogens (tertiary/aromatic N) is 2. The lowest BCUT2D eigenvalue weighted by atomic mass is 10.4. The second kappa shape index (κ2) is 5.56. The third-order valence-corrected chi connectivity index (χ3v) is 3.56. The Labute approximate surface area is 117 Å². The molecule has 0 saturated carbocycles. The Balaban J connectivity index is 2.25. The number of carboxylic acid groups (broad SMARTS) is 1. The number of carboxylic acids is 1. The zero-order valence-electron chi connectivity index (χ0n) is 8.80. The number of aromatic carboxylic acids is 1. The standard InChI is InChI=1S/C11H6Cl2N2O2S/c12-7-2-1-6(5-8(7)13)18-11-14-4-3-9(15-11)10(16)17/h1-5H,(H,16,17). The number of hydrogen-bond donors (Lipinski definition) is 1. The molecule has 7 heteroatoms. The van der Waals surface area contributed by atoms with E-state index >= 15 is 0 Å². The zero-order valence-corrected chi connectivity index (χ0v) is 11.1. The van der Waals surface area contributed by atoms with Gasteiger partial charge in [0.05, 0.1) is 10.0 Å². The van der Waals surface area contributed by atoms with Crippen LogP contribution in [0.3, 0.4) is 0 Å². The predicted molar refractivity (Wildman–Crippen MR) is 69.6 cm³/mol. The van der Waals surface area contributed by atoms with Crippen LogP contribution in [0.2, 0.25) is 10.0 Å². The Morgan fingerprint density at radius 2 is 2.00 bits per heavy atom. The van der Waals surface area contributed by atoms with Gasteiger partial charge in [-0.3, -0.25) is 0 Å². The number of rotatable bonds is 3. The van der Waals surface area contributed by atoms with Gasteiger partial charge >= 0.3 is 5.97 Å². The van der Waals surface area contributed by atoms with E-state index in [9.17, 15) is 4.79 Å². The van der Waals surface area contributed by atoms with Crippen molar-refractivity contribution < 1.29 is 9.90 Å². The number of hydrogen-bond acceptors (Lipinski definition) is 4. The Morgan fingerprint density at radius 1 is 1.22 bits per heavy atom. The Kier molecular flexibility index (Phi) is 4.06. The molecule has 0 atom stereocenters. The first kappa shape index (κ1) is 13.1. The van der Waals surface area contributed by atoms with Crippen molar-refractivity contribution in [2.75, 3.05) is 0 Å². The lowest BCUT2D eigenvalue weighted by Crippen LogP contribution is -2.01. The van der Waals surface area contributed by atoms with Crippen molar-refractivity contribution in [2.24, 2.45) is 0 Å². The molecule has 0 bridgehead atoms. The van der Waals surface area contributed by atoms with Crippen molar-refractivity contribution in [3.63, 3.8) is 0 Å². The average molecular weight is 301 g/mol. The number of halogens is 2. The van der Waals surface area contributed by atoms with Gasteiger partial charge in [0.1, 0.15) is 0 Å². The van der Waals surface area contributed by atoms with Gasteiger partial charge < -0.3 is 5.11 Å². The van der Waals surface area contributed by atoms with E-state index in [1.807, 2.05) is 0 Å². The SMILES string of the molecule is O=C(O)c1ccnc(Sc2ccc(Cl)c(Cl)c2)n1. The quantitative estimate of drug-likeness (QED) is 0.877. The van der Waals surface area contributed by atoms with Crippen LogP contribution in [0.5, 0.6) is 0 Å². The zero-order chi connectivity index (χ0) is 13.1. The summed E-state index contributed by atoms with van der Waals surface area (Å²) < 4.78 is 0. The molecular formula is C11H6Cl2N2O2S. The Morgan fingerprint density at radius 3 is 2.67 bits per heavy atom. The highest BCUT2D eigenvalue weighted by atomic mass is 35.5. The van der Waals surface area contributed by atoms with Crippen LogP contribution in [-0.2, 0) is 0 Å². The molecule has 1 heterocycles.